The molecule has 24 heavy (non-hydrogen) atoms. The van der Waals surface area contributed by atoms with Gasteiger partial charge in [0, 0.05) is 0 Å². The second-order valence-corrected chi connectivity index (χ2v) is 6.02. The molecule has 0 bridgehead atoms. The molecule has 128 valence electrons. The Bertz CT molecular complexity index is 701. The van der Waals surface area contributed by atoms with Gasteiger partial charge in [-0.25, -0.2) is 4.79 Å². The van der Waals surface area contributed by atoms with Crippen molar-refractivity contribution in [2.75, 3.05) is 13.2 Å². The average Bonchev–Trinajstić information content (AvgIpc) is 2.54. The number of carboxylic acids is 1. The summed E-state index contributed by atoms with van der Waals surface area (Å²) >= 11 is 0. The van der Waals surface area contributed by atoms with Crippen molar-refractivity contribution in [3.63, 3.8) is 0 Å². The van der Waals surface area contributed by atoms with E-state index in [1.165, 1.54) is 16.7 Å². The summed E-state index contributed by atoms with van der Waals surface area (Å²) in [6, 6.07) is 7.92. The lowest BCUT2D eigenvalue weighted by Gasteiger charge is -2.23. The zero-order valence-electron chi connectivity index (χ0n) is 14.3. The summed E-state index contributed by atoms with van der Waals surface area (Å²) in [7, 11) is 0. The van der Waals surface area contributed by atoms with Crippen LogP contribution < -0.4 is 4.74 Å². The average molecular weight is 329 g/mol. The molecule has 0 unspecified atom stereocenters. The lowest BCUT2D eigenvalue weighted by Crippen LogP contribution is -2.13. The molecule has 1 aromatic rings. The molecule has 5 heteroatoms. The molecular formula is C19H23NO4. The number of oxime groups is 1. The van der Waals surface area contributed by atoms with E-state index in [1.54, 1.807) is 0 Å². The van der Waals surface area contributed by atoms with Crippen molar-refractivity contribution in [1.82, 2.24) is 0 Å². The molecule has 1 aromatic carbocycles. The molecule has 1 aliphatic rings. The number of aliphatic carboxylic acids is 1. The van der Waals surface area contributed by atoms with Crippen LogP contribution in [-0.4, -0.2) is 30.5 Å². The molecule has 0 spiro atoms. The van der Waals surface area contributed by atoms with E-state index in [-0.39, 0.29) is 6.61 Å². The van der Waals surface area contributed by atoms with Gasteiger partial charge in [0.15, 0.2) is 6.21 Å². The van der Waals surface area contributed by atoms with Gasteiger partial charge in [-0.05, 0) is 56.4 Å². The lowest BCUT2D eigenvalue weighted by molar-refractivity contribution is -0.129. The Morgan fingerprint density at radius 1 is 1.12 bits per heavy atom. The molecule has 1 N–H and O–H groups in total. The molecule has 5 nitrogen and oxygen atoms in total. The van der Waals surface area contributed by atoms with Crippen LogP contribution in [0.25, 0.3) is 0 Å². The first kappa shape index (κ1) is 17.8. The summed E-state index contributed by atoms with van der Waals surface area (Å²) < 4.78 is 5.97. The Balaban J connectivity index is 2.06. The van der Waals surface area contributed by atoms with Crippen molar-refractivity contribution in [2.45, 2.75) is 33.6 Å². The molecule has 0 saturated carbocycles. The monoisotopic (exact) mass is 329 g/mol. The van der Waals surface area contributed by atoms with Crippen LogP contribution in [0.2, 0.25) is 0 Å². The molecule has 0 heterocycles. The van der Waals surface area contributed by atoms with Gasteiger partial charge in [-0.3, -0.25) is 0 Å². The van der Waals surface area contributed by atoms with Crippen LogP contribution in [0.5, 0.6) is 5.75 Å². The fraction of sp³-hybridized carbons (Fsp3) is 0.368. The molecule has 0 fully saturated rings. The topological polar surface area (TPSA) is 68.1 Å². The molecule has 0 atom stereocenters. The van der Waals surface area contributed by atoms with Crippen LogP contribution in [0, 0.1) is 6.92 Å². The summed E-state index contributed by atoms with van der Waals surface area (Å²) in [4.78, 5) is 15.6. The van der Waals surface area contributed by atoms with Crippen LogP contribution in [0.3, 0.4) is 0 Å². The minimum atomic E-state index is -1.12. The van der Waals surface area contributed by atoms with Gasteiger partial charge in [0.2, 0.25) is 0 Å². The highest BCUT2D eigenvalue weighted by molar-refractivity contribution is 6.21. The number of para-hydroxylation sites is 1. The van der Waals surface area contributed by atoms with E-state index in [9.17, 15) is 4.79 Å². The number of rotatable bonds is 7. The first-order valence-corrected chi connectivity index (χ1v) is 7.89. The highest BCUT2D eigenvalue weighted by atomic mass is 16.6. The van der Waals surface area contributed by atoms with Crippen molar-refractivity contribution in [3.8, 4) is 5.75 Å². The van der Waals surface area contributed by atoms with E-state index >= 15 is 0 Å². The smallest absolute Gasteiger partial charge is 0.350 e. The summed E-state index contributed by atoms with van der Waals surface area (Å²) in [5.41, 5.74) is 6.04. The minimum absolute atomic E-state index is 0.279. The molecule has 0 aromatic heterocycles. The third-order valence-electron chi connectivity index (χ3n) is 4.16. The fourth-order valence-electron chi connectivity index (χ4n) is 2.58. The number of nitrogens with zero attached hydrogens (tertiary/aromatic N) is 1. The minimum Gasteiger partial charge on any atom is -0.489 e. The molecule has 1 aliphatic carbocycles. The van der Waals surface area contributed by atoms with E-state index < -0.39 is 5.97 Å². The zero-order chi connectivity index (χ0) is 17.5. The number of ether oxygens (including phenoxy) is 1. The predicted octanol–water partition coefficient (Wildman–Crippen LogP) is 3.89. The normalized spacial score (nSPS) is 15.1. The first-order valence-electron chi connectivity index (χ1n) is 7.89. The molecule has 0 amide bonds. The first-order chi connectivity index (χ1) is 11.5. The van der Waals surface area contributed by atoms with Crippen LogP contribution in [0.15, 0.2) is 51.7 Å². The summed E-state index contributed by atoms with van der Waals surface area (Å²) in [5.74, 6) is -0.249. The fourth-order valence-corrected chi connectivity index (χ4v) is 2.58. The Kier molecular flexibility index (Phi) is 6.18. The van der Waals surface area contributed by atoms with Crippen molar-refractivity contribution in [3.05, 3.63) is 52.1 Å². The number of hydrogen-bond acceptors (Lipinski definition) is 4. The number of benzene rings is 1. The third kappa shape index (κ3) is 4.98. The van der Waals surface area contributed by atoms with Gasteiger partial charge >= 0.3 is 5.97 Å². The Labute approximate surface area is 142 Å². The molecule has 0 aliphatic heterocycles. The van der Waals surface area contributed by atoms with E-state index in [0.29, 0.717) is 6.61 Å². The van der Waals surface area contributed by atoms with E-state index in [2.05, 4.69) is 19.0 Å². The van der Waals surface area contributed by atoms with Gasteiger partial charge in [-0.2, -0.15) is 0 Å². The van der Waals surface area contributed by atoms with Crippen molar-refractivity contribution >= 4 is 12.2 Å². The molecule has 0 radical (unpaired) electrons. The van der Waals surface area contributed by atoms with Gasteiger partial charge in [-0.15, -0.1) is 0 Å². The van der Waals surface area contributed by atoms with E-state index in [1.807, 2.05) is 31.2 Å². The molecular weight excluding hydrogens is 306 g/mol. The number of carbonyl (C=O) groups is 1. The van der Waals surface area contributed by atoms with E-state index in [4.69, 9.17) is 14.7 Å². The maximum Gasteiger partial charge on any atom is 0.350 e. The Morgan fingerprint density at radius 3 is 2.38 bits per heavy atom. The Morgan fingerprint density at radius 2 is 1.75 bits per heavy atom. The van der Waals surface area contributed by atoms with Crippen LogP contribution >= 0.6 is 0 Å². The maximum absolute atomic E-state index is 10.4. The van der Waals surface area contributed by atoms with Gasteiger partial charge < -0.3 is 14.7 Å². The zero-order valence-corrected chi connectivity index (χ0v) is 14.3. The quantitative estimate of drug-likeness (QED) is 0.468. The van der Waals surface area contributed by atoms with Crippen molar-refractivity contribution < 1.29 is 19.5 Å². The second kappa shape index (κ2) is 8.34. The number of carboxylic acid groups (broad SMARTS) is 1. The largest absolute Gasteiger partial charge is 0.489 e. The predicted molar refractivity (Wildman–Crippen MR) is 93.4 cm³/mol. The van der Waals surface area contributed by atoms with E-state index in [0.717, 1.165) is 35.9 Å². The maximum atomic E-state index is 10.4. The SMILES string of the molecule is CC1=C(C)CC(COc2ccccc2C)=C(CON=CC(=O)O)C1. The van der Waals surface area contributed by atoms with Crippen LogP contribution in [0.4, 0.5) is 0 Å². The van der Waals surface area contributed by atoms with Crippen molar-refractivity contribution in [2.24, 2.45) is 5.16 Å². The van der Waals surface area contributed by atoms with Gasteiger partial charge in [0.05, 0.1) is 0 Å². The Hall–Kier alpha value is -2.56. The summed E-state index contributed by atoms with van der Waals surface area (Å²) in [5, 5.41) is 12.0. The van der Waals surface area contributed by atoms with Gasteiger partial charge in [0.1, 0.15) is 19.0 Å². The number of allylic oxidation sites excluding steroid dienone is 2. The standard InChI is InChI=1S/C19H23NO4/c1-13-6-4-5-7-18(13)23-11-16-8-14(2)15(3)9-17(16)12-24-20-10-19(21)22/h4-7,10H,8-9,11-12H2,1-3H3,(H,21,22). The van der Waals surface area contributed by atoms with Gasteiger partial charge in [0.25, 0.3) is 0 Å². The number of hydrogen-bond donors (Lipinski definition) is 1. The third-order valence-corrected chi connectivity index (χ3v) is 4.16. The highest BCUT2D eigenvalue weighted by Crippen LogP contribution is 2.30. The summed E-state index contributed by atoms with van der Waals surface area (Å²) in [6.07, 6.45) is 2.40. The summed E-state index contributed by atoms with van der Waals surface area (Å²) in [6.45, 7) is 7.03. The van der Waals surface area contributed by atoms with Crippen molar-refractivity contribution in [1.29, 1.82) is 0 Å². The highest BCUT2D eigenvalue weighted by Gasteiger charge is 2.17. The molecule has 0 saturated heterocycles. The lowest BCUT2D eigenvalue weighted by atomic mass is 9.88. The van der Waals surface area contributed by atoms with Crippen LogP contribution in [-0.2, 0) is 9.63 Å². The molecule has 2 rings (SSSR count). The van der Waals surface area contributed by atoms with Gasteiger partial charge in [-0.1, -0.05) is 34.5 Å². The van der Waals surface area contributed by atoms with Crippen LogP contribution in [0.1, 0.15) is 32.3 Å². The number of aryl methyl sites for hydroxylation is 1. The second-order valence-electron chi connectivity index (χ2n) is 6.02.